The van der Waals surface area contributed by atoms with Gasteiger partial charge in [0.1, 0.15) is 5.82 Å². The van der Waals surface area contributed by atoms with E-state index in [4.69, 9.17) is 4.74 Å². The molecule has 5 heteroatoms. The van der Waals surface area contributed by atoms with E-state index in [2.05, 4.69) is 5.10 Å². The summed E-state index contributed by atoms with van der Waals surface area (Å²) in [6.45, 7) is 2.97. The molecule has 0 saturated carbocycles. The molecular formula is C15H17FN2O2. The average molecular weight is 276 g/mol. The van der Waals surface area contributed by atoms with Gasteiger partial charge in [0.15, 0.2) is 6.29 Å². The van der Waals surface area contributed by atoms with Crippen LogP contribution in [0.15, 0.2) is 30.5 Å². The van der Waals surface area contributed by atoms with Crippen LogP contribution < -0.4 is 0 Å². The van der Waals surface area contributed by atoms with Crippen LogP contribution >= 0.6 is 0 Å². The number of carbonyl (C=O) groups is 1. The summed E-state index contributed by atoms with van der Waals surface area (Å²) in [5, 5.41) is 4.43. The van der Waals surface area contributed by atoms with Gasteiger partial charge < -0.3 is 4.74 Å². The number of carbonyl (C=O) groups excluding carboxylic acids is 1. The minimum atomic E-state index is -0.266. The molecule has 0 fully saturated rings. The molecule has 0 spiro atoms. The summed E-state index contributed by atoms with van der Waals surface area (Å²) in [4.78, 5) is 11.1. The fourth-order valence-electron chi connectivity index (χ4n) is 2.11. The van der Waals surface area contributed by atoms with Crippen molar-refractivity contribution in [2.24, 2.45) is 0 Å². The van der Waals surface area contributed by atoms with E-state index in [0.717, 1.165) is 17.5 Å². The summed E-state index contributed by atoms with van der Waals surface area (Å²) in [6.07, 6.45) is 2.51. The summed E-state index contributed by atoms with van der Waals surface area (Å²) in [7, 11) is 1.62. The minimum Gasteiger partial charge on any atom is -0.384 e. The first kappa shape index (κ1) is 14.4. The number of benzene rings is 1. The Morgan fingerprint density at radius 3 is 2.70 bits per heavy atom. The summed E-state index contributed by atoms with van der Waals surface area (Å²) in [6, 6.07) is 6.23. The number of nitrogens with zero attached hydrogens (tertiary/aromatic N) is 2. The lowest BCUT2D eigenvalue weighted by Gasteiger charge is -2.07. The number of hydrogen-bond acceptors (Lipinski definition) is 3. The van der Waals surface area contributed by atoms with Crippen molar-refractivity contribution in [2.75, 3.05) is 13.7 Å². The van der Waals surface area contributed by atoms with Gasteiger partial charge in [0.25, 0.3) is 0 Å². The maximum absolute atomic E-state index is 12.9. The normalized spacial score (nSPS) is 12.3. The smallest absolute Gasteiger partial charge is 0.153 e. The summed E-state index contributed by atoms with van der Waals surface area (Å²) in [5.74, 6) is -0.216. The Labute approximate surface area is 117 Å². The Morgan fingerprint density at radius 1 is 1.40 bits per heavy atom. The molecule has 0 bridgehead atoms. The van der Waals surface area contributed by atoms with Gasteiger partial charge in [-0.2, -0.15) is 5.10 Å². The molecule has 0 aliphatic rings. The number of hydrogen-bond donors (Lipinski definition) is 0. The van der Waals surface area contributed by atoms with E-state index < -0.39 is 0 Å². The van der Waals surface area contributed by atoms with Crippen LogP contribution in [0.1, 0.15) is 34.5 Å². The van der Waals surface area contributed by atoms with E-state index in [9.17, 15) is 9.18 Å². The van der Waals surface area contributed by atoms with Crippen molar-refractivity contribution in [3.63, 3.8) is 0 Å². The maximum atomic E-state index is 12.9. The molecule has 1 heterocycles. The number of halogens is 1. The molecule has 1 aromatic heterocycles. The summed E-state index contributed by atoms with van der Waals surface area (Å²) < 4.78 is 19.6. The van der Waals surface area contributed by atoms with Gasteiger partial charge in [-0.25, -0.2) is 4.39 Å². The number of aldehydes is 1. The van der Waals surface area contributed by atoms with Crippen molar-refractivity contribution < 1.29 is 13.9 Å². The molecule has 106 valence electrons. The third kappa shape index (κ3) is 3.30. The summed E-state index contributed by atoms with van der Waals surface area (Å²) >= 11 is 0. The predicted octanol–water partition coefficient (Wildman–Crippen LogP) is 2.63. The molecular weight excluding hydrogens is 259 g/mol. The fraction of sp³-hybridized carbons (Fsp3) is 0.333. The molecule has 2 rings (SSSR count). The quantitative estimate of drug-likeness (QED) is 0.762. The second-order valence-electron chi connectivity index (χ2n) is 4.77. The monoisotopic (exact) mass is 276 g/mol. The van der Waals surface area contributed by atoms with E-state index in [1.807, 2.05) is 6.92 Å². The van der Waals surface area contributed by atoms with Gasteiger partial charge in [-0.15, -0.1) is 0 Å². The Kier molecular flexibility index (Phi) is 4.63. The van der Waals surface area contributed by atoms with Crippen LogP contribution in [-0.2, 0) is 11.3 Å². The van der Waals surface area contributed by atoms with Gasteiger partial charge in [-0.1, -0.05) is 19.1 Å². The lowest BCUT2D eigenvalue weighted by atomic mass is 10.1. The lowest BCUT2D eigenvalue weighted by molar-refractivity contribution is 0.112. The molecule has 0 N–H and O–H groups in total. The first-order valence-electron chi connectivity index (χ1n) is 6.40. The van der Waals surface area contributed by atoms with Crippen LogP contribution in [0.2, 0.25) is 0 Å². The van der Waals surface area contributed by atoms with Crippen molar-refractivity contribution in [1.29, 1.82) is 0 Å². The highest BCUT2D eigenvalue weighted by molar-refractivity contribution is 5.76. The standard InChI is InChI=1S/C15H17FN2O2/c1-11(10-20-2)15-13(9-19)8-18(17-15)7-12-3-5-14(16)6-4-12/h3-6,8-9,11H,7,10H2,1-2H3. The molecule has 2 aromatic rings. The van der Waals surface area contributed by atoms with Gasteiger partial charge >= 0.3 is 0 Å². The molecule has 0 radical (unpaired) electrons. The highest BCUT2D eigenvalue weighted by Crippen LogP contribution is 2.18. The van der Waals surface area contributed by atoms with Crippen molar-refractivity contribution >= 4 is 6.29 Å². The first-order valence-corrected chi connectivity index (χ1v) is 6.40. The minimum absolute atomic E-state index is 0.0506. The second kappa shape index (κ2) is 6.43. The molecule has 4 nitrogen and oxygen atoms in total. The van der Waals surface area contributed by atoms with Crippen molar-refractivity contribution in [2.45, 2.75) is 19.4 Å². The van der Waals surface area contributed by atoms with Crippen LogP contribution in [0.25, 0.3) is 0 Å². The largest absolute Gasteiger partial charge is 0.384 e. The van der Waals surface area contributed by atoms with Crippen LogP contribution in [0.4, 0.5) is 4.39 Å². The van der Waals surface area contributed by atoms with Crippen LogP contribution in [0.3, 0.4) is 0 Å². The Balaban J connectivity index is 2.20. The molecule has 20 heavy (non-hydrogen) atoms. The second-order valence-corrected chi connectivity index (χ2v) is 4.77. The zero-order chi connectivity index (χ0) is 14.5. The van der Waals surface area contributed by atoms with Crippen molar-refractivity contribution in [3.05, 3.63) is 53.1 Å². The highest BCUT2D eigenvalue weighted by Gasteiger charge is 2.15. The van der Waals surface area contributed by atoms with E-state index in [-0.39, 0.29) is 11.7 Å². The van der Waals surface area contributed by atoms with E-state index >= 15 is 0 Å². The van der Waals surface area contributed by atoms with Crippen molar-refractivity contribution in [3.8, 4) is 0 Å². The van der Waals surface area contributed by atoms with Gasteiger partial charge in [-0.05, 0) is 17.7 Å². The molecule has 0 amide bonds. The Morgan fingerprint density at radius 2 is 2.10 bits per heavy atom. The molecule has 0 aliphatic carbocycles. The fourth-order valence-corrected chi connectivity index (χ4v) is 2.11. The SMILES string of the molecule is COCC(C)c1nn(Cc2ccc(F)cc2)cc1C=O. The summed E-state index contributed by atoms with van der Waals surface area (Å²) in [5.41, 5.74) is 2.22. The number of methoxy groups -OCH3 is 1. The van der Waals surface area contributed by atoms with Crippen LogP contribution in [-0.4, -0.2) is 29.8 Å². The molecule has 1 atom stereocenters. The highest BCUT2D eigenvalue weighted by atomic mass is 19.1. The number of aromatic nitrogens is 2. The van der Waals surface area contributed by atoms with Gasteiger partial charge in [0.2, 0.25) is 0 Å². The van der Waals surface area contributed by atoms with Crippen LogP contribution in [0, 0.1) is 5.82 Å². The molecule has 0 saturated heterocycles. The molecule has 1 aromatic carbocycles. The van der Waals surface area contributed by atoms with Crippen molar-refractivity contribution in [1.82, 2.24) is 9.78 Å². The van der Waals surface area contributed by atoms with Gasteiger partial charge in [0, 0.05) is 19.2 Å². The van der Waals surface area contributed by atoms with Gasteiger partial charge in [-0.3, -0.25) is 9.48 Å². The molecule has 1 unspecified atom stereocenters. The van der Waals surface area contributed by atoms with E-state index in [1.54, 1.807) is 30.1 Å². The van der Waals surface area contributed by atoms with E-state index in [1.165, 1.54) is 12.1 Å². The van der Waals surface area contributed by atoms with E-state index in [0.29, 0.717) is 18.7 Å². The zero-order valence-electron chi connectivity index (χ0n) is 11.5. The first-order chi connectivity index (χ1) is 9.63. The third-order valence-electron chi connectivity index (χ3n) is 3.09. The number of ether oxygens (including phenoxy) is 1. The molecule has 0 aliphatic heterocycles. The average Bonchev–Trinajstić information content (AvgIpc) is 2.85. The number of rotatable bonds is 6. The lowest BCUT2D eigenvalue weighted by Crippen LogP contribution is -2.06. The topological polar surface area (TPSA) is 44.1 Å². The third-order valence-corrected chi connectivity index (χ3v) is 3.09. The zero-order valence-corrected chi connectivity index (χ0v) is 11.5. The van der Waals surface area contributed by atoms with Gasteiger partial charge in [0.05, 0.1) is 24.4 Å². The Hall–Kier alpha value is -2.01. The van der Waals surface area contributed by atoms with Crippen LogP contribution in [0.5, 0.6) is 0 Å². The Bertz CT molecular complexity index is 578. The maximum Gasteiger partial charge on any atom is 0.153 e. The predicted molar refractivity (Wildman–Crippen MR) is 73.4 cm³/mol.